The van der Waals surface area contributed by atoms with E-state index in [2.05, 4.69) is 22.3 Å². The fourth-order valence-corrected chi connectivity index (χ4v) is 3.40. The molecule has 0 N–H and O–H groups in total. The van der Waals surface area contributed by atoms with Crippen LogP contribution in [0, 0.1) is 34.0 Å². The van der Waals surface area contributed by atoms with Crippen molar-refractivity contribution in [1.29, 1.82) is 0 Å². The molecule has 108 valence electrons. The zero-order valence-electron chi connectivity index (χ0n) is 10.6. The molecule has 0 saturated heterocycles. The van der Waals surface area contributed by atoms with Gasteiger partial charge < -0.3 is 0 Å². The molecule has 1 aliphatic carbocycles. The van der Waals surface area contributed by atoms with Gasteiger partial charge in [0.25, 0.3) is 0 Å². The Morgan fingerprint density at radius 1 is 0.727 bits per heavy atom. The Kier molecular flexibility index (Phi) is 5.23. The summed E-state index contributed by atoms with van der Waals surface area (Å²) in [6, 6.07) is 6.08. The topological polar surface area (TPSA) is 0 Å². The largest absolute Gasteiger partial charge is 0.206 e. The Labute approximate surface area is 159 Å². The first-order valence-electron chi connectivity index (χ1n) is 5.92. The van der Waals surface area contributed by atoms with Gasteiger partial charge in [-0.2, -0.15) is 0 Å². The number of hydrogen-bond acceptors (Lipinski definition) is 2. The van der Waals surface area contributed by atoms with Crippen molar-refractivity contribution in [3.63, 3.8) is 0 Å². The van der Waals surface area contributed by atoms with E-state index in [0.29, 0.717) is 11.1 Å². The summed E-state index contributed by atoms with van der Waals surface area (Å²) in [5, 5.41) is 5.61. The highest BCUT2D eigenvalue weighted by Gasteiger charge is 2.30. The molecule has 0 unspecified atom stereocenters. The van der Waals surface area contributed by atoms with E-state index in [-0.39, 0.29) is 11.6 Å². The molecule has 0 saturated carbocycles. The molecular formula is C16H4F2I2S2. The summed E-state index contributed by atoms with van der Waals surface area (Å²) in [7, 11) is 2.60. The molecule has 0 aliphatic heterocycles. The first kappa shape index (κ1) is 16.4. The van der Waals surface area contributed by atoms with Crippen LogP contribution in [0.5, 0.6) is 0 Å². The van der Waals surface area contributed by atoms with E-state index in [0.717, 1.165) is 22.3 Å². The summed E-state index contributed by atoms with van der Waals surface area (Å²) >= 11 is 4.08. The minimum atomic E-state index is -0.359. The molecule has 0 amide bonds. The van der Waals surface area contributed by atoms with E-state index in [1.807, 2.05) is 42.4 Å². The molecule has 2 aromatic carbocycles. The van der Waals surface area contributed by atoms with Gasteiger partial charge in [-0.1, -0.05) is 24.0 Å². The average molecular weight is 552 g/mol. The van der Waals surface area contributed by atoms with Gasteiger partial charge in [-0.15, -0.1) is 0 Å². The van der Waals surface area contributed by atoms with Crippen LogP contribution in [0.1, 0.15) is 11.1 Å². The van der Waals surface area contributed by atoms with Gasteiger partial charge in [0.1, 0.15) is 11.6 Å². The third kappa shape index (κ3) is 2.75. The summed E-state index contributed by atoms with van der Waals surface area (Å²) in [4.78, 5) is 0. The molecule has 0 nitrogen and oxygen atoms in total. The number of halogens is 4. The number of fused-ring (bicyclic) bond motifs is 4. The van der Waals surface area contributed by atoms with Crippen LogP contribution in [0.4, 0.5) is 8.78 Å². The summed E-state index contributed by atoms with van der Waals surface area (Å²) in [5.74, 6) is 4.95. The predicted octanol–water partition coefficient (Wildman–Crippen LogP) is 6.40. The second-order valence-electron chi connectivity index (χ2n) is 4.30. The maximum atomic E-state index is 14.0. The Morgan fingerprint density at radius 3 is 1.50 bits per heavy atom. The molecule has 0 heterocycles. The smallest absolute Gasteiger partial charge is 0.139 e. The molecule has 3 rings (SSSR count). The average Bonchev–Trinajstić information content (AvgIpc) is 2.50. The lowest BCUT2D eigenvalue weighted by Gasteiger charge is -2.27. The first-order chi connectivity index (χ1) is 10.7. The Balaban J connectivity index is 2.23. The maximum absolute atomic E-state index is 14.0. The molecule has 1 aliphatic rings. The SMILES string of the molecule is Fc1ccc2c(c1C#CSI)-c1ccc(F)c(C#CSI)c1-2. The first-order valence-corrected chi connectivity index (χ1v) is 12.6. The Morgan fingerprint density at radius 2 is 1.14 bits per heavy atom. The fraction of sp³-hybridized carbons (Fsp3) is 0. The van der Waals surface area contributed by atoms with E-state index in [4.69, 9.17) is 0 Å². The lowest BCUT2D eigenvalue weighted by atomic mass is 9.75. The molecule has 0 spiro atoms. The number of benzene rings is 2. The molecule has 2 aromatic rings. The molecule has 6 heteroatoms. The van der Waals surface area contributed by atoms with Crippen molar-refractivity contribution >= 4 is 60.3 Å². The lowest BCUT2D eigenvalue weighted by Crippen LogP contribution is -2.07. The lowest BCUT2D eigenvalue weighted by molar-refractivity contribution is 0.623. The van der Waals surface area contributed by atoms with E-state index in [9.17, 15) is 8.78 Å². The van der Waals surface area contributed by atoms with Gasteiger partial charge in [-0.05, 0) is 51.6 Å². The van der Waals surface area contributed by atoms with Gasteiger partial charge in [0.2, 0.25) is 0 Å². The van der Waals surface area contributed by atoms with Crippen LogP contribution in [0.15, 0.2) is 24.3 Å². The standard InChI is InChI=1S/C16H4F2I2S2/c17-13-3-1-11-15(9(13)5-7-21-19)12-2-4-14(18)10(16(11)12)6-8-22-20/h1-4H. The van der Waals surface area contributed by atoms with E-state index in [1.54, 1.807) is 12.1 Å². The second-order valence-corrected chi connectivity index (χ2v) is 7.66. The molecule has 0 fully saturated rings. The zero-order chi connectivity index (χ0) is 15.7. The van der Waals surface area contributed by atoms with Gasteiger partial charge in [-0.25, -0.2) is 8.78 Å². The highest BCUT2D eigenvalue weighted by molar-refractivity contribution is 14.2. The third-order valence-corrected chi connectivity index (χ3v) is 4.96. The summed E-state index contributed by atoms with van der Waals surface area (Å²) < 4.78 is 28.1. The van der Waals surface area contributed by atoms with E-state index in [1.165, 1.54) is 30.0 Å². The van der Waals surface area contributed by atoms with Crippen LogP contribution in [0.25, 0.3) is 22.3 Å². The highest BCUT2D eigenvalue weighted by Crippen LogP contribution is 2.51. The van der Waals surface area contributed by atoms with Crippen molar-refractivity contribution in [3.05, 3.63) is 47.0 Å². The number of rotatable bonds is 0. The quantitative estimate of drug-likeness (QED) is 0.234. The van der Waals surface area contributed by atoms with Crippen molar-refractivity contribution in [2.45, 2.75) is 0 Å². The van der Waals surface area contributed by atoms with Gasteiger partial charge in [-0.3, -0.25) is 0 Å². The molecule has 0 bridgehead atoms. The van der Waals surface area contributed by atoms with Gasteiger partial charge in [0.15, 0.2) is 0 Å². The maximum Gasteiger partial charge on any atom is 0.139 e. The van der Waals surface area contributed by atoms with Crippen LogP contribution in [0.2, 0.25) is 0 Å². The van der Waals surface area contributed by atoms with Crippen molar-refractivity contribution in [1.82, 2.24) is 0 Å². The van der Waals surface area contributed by atoms with Crippen LogP contribution in [-0.4, -0.2) is 0 Å². The second kappa shape index (κ2) is 7.00. The fourth-order valence-electron chi connectivity index (χ4n) is 2.45. The van der Waals surface area contributed by atoms with Crippen molar-refractivity contribution in [2.24, 2.45) is 0 Å². The minimum Gasteiger partial charge on any atom is -0.206 e. The van der Waals surface area contributed by atoms with Crippen LogP contribution in [0.3, 0.4) is 0 Å². The molecule has 0 atom stereocenters. The number of hydrogen-bond donors (Lipinski definition) is 0. The van der Waals surface area contributed by atoms with Crippen LogP contribution < -0.4 is 0 Å². The molecular weight excluding hydrogens is 548 g/mol. The molecule has 22 heavy (non-hydrogen) atoms. The molecule has 0 radical (unpaired) electrons. The predicted molar refractivity (Wildman–Crippen MR) is 108 cm³/mol. The van der Waals surface area contributed by atoms with Crippen LogP contribution >= 0.6 is 60.3 Å². The van der Waals surface area contributed by atoms with Gasteiger partial charge >= 0.3 is 0 Å². The Hall–Kier alpha value is -0.420. The third-order valence-electron chi connectivity index (χ3n) is 3.28. The molecule has 0 aromatic heterocycles. The van der Waals surface area contributed by atoms with Gasteiger partial charge in [0, 0.05) is 53.5 Å². The zero-order valence-corrected chi connectivity index (χ0v) is 16.6. The van der Waals surface area contributed by atoms with E-state index < -0.39 is 0 Å². The van der Waals surface area contributed by atoms with E-state index >= 15 is 0 Å². The summed E-state index contributed by atoms with van der Waals surface area (Å²) in [5.41, 5.74) is 3.84. The van der Waals surface area contributed by atoms with Gasteiger partial charge in [0.05, 0.1) is 11.1 Å². The minimum absolute atomic E-state index is 0.359. The summed E-state index contributed by atoms with van der Waals surface area (Å²) in [6.07, 6.45) is 0. The van der Waals surface area contributed by atoms with Crippen LogP contribution in [-0.2, 0) is 0 Å². The Bertz CT molecular complexity index is 812. The van der Waals surface area contributed by atoms with Crippen molar-refractivity contribution < 1.29 is 8.78 Å². The van der Waals surface area contributed by atoms with Crippen molar-refractivity contribution in [2.75, 3.05) is 0 Å². The van der Waals surface area contributed by atoms with Crippen molar-refractivity contribution in [3.8, 4) is 44.6 Å². The monoisotopic (exact) mass is 552 g/mol. The highest BCUT2D eigenvalue weighted by atomic mass is 127. The summed E-state index contributed by atoms with van der Waals surface area (Å²) in [6.45, 7) is 0. The normalized spacial score (nSPS) is 10.4.